The van der Waals surface area contributed by atoms with Crippen LogP contribution in [-0.2, 0) is 4.79 Å². The van der Waals surface area contributed by atoms with Gasteiger partial charge in [0.05, 0.1) is 18.8 Å². The lowest BCUT2D eigenvalue weighted by Gasteiger charge is -2.20. The van der Waals surface area contributed by atoms with Crippen LogP contribution in [-0.4, -0.2) is 34.9 Å². The van der Waals surface area contributed by atoms with E-state index >= 15 is 0 Å². The van der Waals surface area contributed by atoms with Crippen LogP contribution in [0, 0.1) is 0 Å². The Labute approximate surface area is 371 Å². The van der Waals surface area contributed by atoms with Crippen molar-refractivity contribution in [3.63, 3.8) is 0 Å². The predicted octanol–water partition coefficient (Wildman–Crippen LogP) is 16.1. The molecular weight excluding hydrogens is 735 g/mol. The molecule has 0 aliphatic carbocycles. The Morgan fingerprint density at radius 2 is 0.733 bits per heavy atom. The Balaban J connectivity index is 3.59. The van der Waals surface area contributed by atoms with E-state index in [1.54, 1.807) is 6.08 Å². The number of allylic oxidation sites excluding steroid dienone is 19. The zero-order valence-electron chi connectivity index (χ0n) is 38.9. The van der Waals surface area contributed by atoms with Crippen molar-refractivity contribution in [2.24, 2.45) is 0 Å². The highest BCUT2D eigenvalue weighted by Gasteiger charge is 2.17. The number of nitrogens with one attached hydrogen (secondary N) is 1. The maximum Gasteiger partial charge on any atom is 0.220 e. The van der Waals surface area contributed by atoms with E-state index in [1.807, 2.05) is 6.08 Å². The molecule has 0 aliphatic heterocycles. The second-order valence-electron chi connectivity index (χ2n) is 16.1. The first-order chi connectivity index (χ1) is 29.7. The average molecular weight is 828 g/mol. The summed E-state index contributed by atoms with van der Waals surface area (Å²) in [5.41, 5.74) is 0. The van der Waals surface area contributed by atoms with Gasteiger partial charge >= 0.3 is 0 Å². The summed E-state index contributed by atoms with van der Waals surface area (Å²) in [5, 5.41) is 22.9. The van der Waals surface area contributed by atoms with Gasteiger partial charge in [0.1, 0.15) is 0 Å². The van der Waals surface area contributed by atoms with Crippen LogP contribution < -0.4 is 5.32 Å². The van der Waals surface area contributed by atoms with Gasteiger partial charge in [0.25, 0.3) is 0 Å². The van der Waals surface area contributed by atoms with Crippen LogP contribution in [0.5, 0.6) is 0 Å². The fraction of sp³-hybridized carbons (Fsp3) is 0.625. The van der Waals surface area contributed by atoms with Crippen molar-refractivity contribution in [3.8, 4) is 0 Å². The van der Waals surface area contributed by atoms with Gasteiger partial charge in [0.15, 0.2) is 0 Å². The van der Waals surface area contributed by atoms with Crippen molar-refractivity contribution >= 4 is 5.91 Å². The number of rotatable bonds is 43. The first kappa shape index (κ1) is 56.8. The Morgan fingerprint density at radius 3 is 1.10 bits per heavy atom. The van der Waals surface area contributed by atoms with E-state index in [0.29, 0.717) is 6.42 Å². The van der Waals surface area contributed by atoms with E-state index in [1.165, 1.54) is 103 Å². The molecule has 0 fully saturated rings. The van der Waals surface area contributed by atoms with Gasteiger partial charge in [0, 0.05) is 6.42 Å². The zero-order chi connectivity index (χ0) is 43.5. The zero-order valence-corrected chi connectivity index (χ0v) is 38.9. The third kappa shape index (κ3) is 45.9. The van der Waals surface area contributed by atoms with E-state index in [2.05, 4.69) is 129 Å². The summed E-state index contributed by atoms with van der Waals surface area (Å²) < 4.78 is 0. The summed E-state index contributed by atoms with van der Waals surface area (Å²) in [6.45, 7) is 4.15. The van der Waals surface area contributed by atoms with E-state index < -0.39 is 12.1 Å². The number of aliphatic hydroxyl groups excluding tert-OH is 2. The Kier molecular flexibility index (Phi) is 47.5. The smallest absolute Gasteiger partial charge is 0.220 e. The monoisotopic (exact) mass is 828 g/mol. The van der Waals surface area contributed by atoms with Crippen LogP contribution in [0.4, 0.5) is 0 Å². The van der Waals surface area contributed by atoms with Gasteiger partial charge in [-0.3, -0.25) is 4.79 Å². The van der Waals surface area contributed by atoms with Gasteiger partial charge < -0.3 is 15.5 Å². The number of carbonyl (C=O) groups is 1. The van der Waals surface area contributed by atoms with Crippen LogP contribution in [0.25, 0.3) is 0 Å². The second kappa shape index (κ2) is 50.1. The summed E-state index contributed by atoms with van der Waals surface area (Å²) in [6.07, 6.45) is 77.6. The molecule has 3 N–H and O–H groups in total. The molecule has 0 aromatic heterocycles. The molecular formula is C56H93NO3. The van der Waals surface area contributed by atoms with Crippen LogP contribution in [0.15, 0.2) is 122 Å². The number of amides is 1. The SMILES string of the molecule is CC/C=C\C/C=C\C/C=C\C/C=C\C/C=C\C/C=C\C/C=C\C/C=C\C/C=C\CCCCCCCCCCCCCC(=O)NC(CO)C(O)/C=C/CCCCCCCCC. The number of hydrogen-bond donors (Lipinski definition) is 3. The number of unbranched alkanes of at least 4 members (excludes halogenated alkanes) is 18. The highest BCUT2D eigenvalue weighted by molar-refractivity contribution is 5.76. The minimum Gasteiger partial charge on any atom is -0.394 e. The van der Waals surface area contributed by atoms with E-state index in [9.17, 15) is 15.0 Å². The maximum atomic E-state index is 12.4. The standard InChI is InChI=1S/C56H93NO3/c1-3-5-7-9-11-13-14-15-16-17-18-19-20-21-22-23-24-25-26-27-28-29-30-31-32-33-34-35-36-37-38-39-40-41-42-44-46-48-50-52-56(60)57-54(53-58)55(59)51-49-47-45-43-12-10-8-6-4-2/h5,7,11,13,15-16,18-19,21-22,24-25,27-28,30-31,33-34,49,51,54-55,58-59H,3-4,6,8-10,12,14,17,20,23,26,29,32,35-48,50,52-53H2,1-2H3,(H,57,60)/b7-5-,13-11-,16-15-,19-18-,22-21-,25-24-,28-27-,31-30-,34-33-,51-49+. The van der Waals surface area contributed by atoms with E-state index in [-0.39, 0.29) is 12.5 Å². The van der Waals surface area contributed by atoms with Gasteiger partial charge in [0.2, 0.25) is 5.91 Å². The third-order valence-electron chi connectivity index (χ3n) is 10.5. The molecule has 0 radical (unpaired) electrons. The number of aliphatic hydroxyl groups is 2. The lowest BCUT2D eigenvalue weighted by Crippen LogP contribution is -2.45. The number of hydrogen-bond acceptors (Lipinski definition) is 3. The molecule has 2 unspecified atom stereocenters. The van der Waals surface area contributed by atoms with Gasteiger partial charge in [-0.1, -0.05) is 232 Å². The fourth-order valence-electron chi connectivity index (χ4n) is 6.70. The molecule has 2 atom stereocenters. The van der Waals surface area contributed by atoms with Gasteiger partial charge in [-0.2, -0.15) is 0 Å². The molecule has 0 aromatic carbocycles. The molecule has 1 amide bonds. The molecule has 0 aliphatic rings. The molecule has 0 spiro atoms. The Hall–Kier alpha value is -3.21. The maximum absolute atomic E-state index is 12.4. The molecule has 0 bridgehead atoms. The van der Waals surface area contributed by atoms with Crippen LogP contribution in [0.2, 0.25) is 0 Å². The molecule has 4 nitrogen and oxygen atoms in total. The summed E-state index contributed by atoms with van der Waals surface area (Å²) in [4.78, 5) is 12.4. The van der Waals surface area contributed by atoms with Crippen molar-refractivity contribution in [3.05, 3.63) is 122 Å². The quantitative estimate of drug-likeness (QED) is 0.0424. The minimum atomic E-state index is -0.844. The van der Waals surface area contributed by atoms with E-state index in [0.717, 1.165) is 83.5 Å². The first-order valence-corrected chi connectivity index (χ1v) is 24.7. The van der Waals surface area contributed by atoms with Gasteiger partial charge in [-0.15, -0.1) is 0 Å². The summed E-state index contributed by atoms with van der Waals surface area (Å²) in [6, 6.07) is -0.628. The molecule has 0 aromatic rings. The van der Waals surface area contributed by atoms with Gasteiger partial charge in [-0.25, -0.2) is 0 Å². The Bertz CT molecular complexity index is 1210. The highest BCUT2D eigenvalue weighted by Crippen LogP contribution is 2.14. The normalized spacial score (nSPS) is 14.0. The van der Waals surface area contributed by atoms with Crippen molar-refractivity contribution in [2.45, 2.75) is 219 Å². The summed E-state index contributed by atoms with van der Waals surface area (Å²) >= 11 is 0. The summed E-state index contributed by atoms with van der Waals surface area (Å²) in [5.74, 6) is -0.0757. The highest BCUT2D eigenvalue weighted by atomic mass is 16.3. The topological polar surface area (TPSA) is 69.6 Å². The van der Waals surface area contributed by atoms with Crippen LogP contribution in [0.3, 0.4) is 0 Å². The van der Waals surface area contributed by atoms with E-state index in [4.69, 9.17) is 0 Å². The van der Waals surface area contributed by atoms with Crippen LogP contribution in [0.1, 0.15) is 206 Å². The molecule has 60 heavy (non-hydrogen) atoms. The molecule has 0 rings (SSSR count). The van der Waals surface area contributed by atoms with Crippen LogP contribution >= 0.6 is 0 Å². The minimum absolute atomic E-state index is 0.0757. The lowest BCUT2D eigenvalue weighted by atomic mass is 10.0. The second-order valence-corrected chi connectivity index (χ2v) is 16.1. The lowest BCUT2D eigenvalue weighted by molar-refractivity contribution is -0.123. The van der Waals surface area contributed by atoms with Gasteiger partial charge in [-0.05, 0) is 89.9 Å². The first-order valence-electron chi connectivity index (χ1n) is 24.7. The molecule has 0 heterocycles. The molecule has 0 saturated carbocycles. The molecule has 0 saturated heterocycles. The average Bonchev–Trinajstić information content (AvgIpc) is 3.25. The van der Waals surface area contributed by atoms with Crippen molar-refractivity contribution in [1.82, 2.24) is 5.32 Å². The molecule has 340 valence electrons. The Morgan fingerprint density at radius 1 is 0.417 bits per heavy atom. The van der Waals surface area contributed by atoms with Crippen molar-refractivity contribution in [1.29, 1.82) is 0 Å². The molecule has 4 heteroatoms. The largest absolute Gasteiger partial charge is 0.394 e. The van der Waals surface area contributed by atoms with Crippen molar-refractivity contribution in [2.75, 3.05) is 6.61 Å². The summed E-state index contributed by atoms with van der Waals surface area (Å²) in [7, 11) is 0. The third-order valence-corrected chi connectivity index (χ3v) is 10.5. The number of carbonyl (C=O) groups excluding carboxylic acids is 1. The van der Waals surface area contributed by atoms with Crippen molar-refractivity contribution < 1.29 is 15.0 Å². The fourth-order valence-corrected chi connectivity index (χ4v) is 6.70. The predicted molar refractivity (Wildman–Crippen MR) is 266 cm³/mol.